The Morgan fingerprint density at radius 3 is 2.26 bits per heavy atom. The van der Waals surface area contributed by atoms with Gasteiger partial charge < -0.3 is 10.6 Å². The molecule has 0 amide bonds. The molecule has 98 valence electrons. The van der Waals surface area contributed by atoms with Gasteiger partial charge in [-0.05, 0) is 77.3 Å². The molecule has 2 N–H and O–H groups in total. The Kier molecular flexibility index (Phi) is 4.95. The lowest BCUT2D eigenvalue weighted by atomic mass is 10.3. The van der Waals surface area contributed by atoms with E-state index in [9.17, 15) is 4.39 Å². The third-order valence-electron chi connectivity index (χ3n) is 2.28. The van der Waals surface area contributed by atoms with Gasteiger partial charge in [0, 0.05) is 14.9 Å². The molecule has 6 heteroatoms. The molecule has 0 aliphatic rings. The van der Waals surface area contributed by atoms with E-state index < -0.39 is 5.82 Å². The topological polar surface area (TPSA) is 24.1 Å². The van der Waals surface area contributed by atoms with Gasteiger partial charge in [0.1, 0.15) is 5.82 Å². The van der Waals surface area contributed by atoms with Gasteiger partial charge in [-0.3, -0.25) is 0 Å². The number of nitrogens with one attached hydrogen (secondary N) is 2. The van der Waals surface area contributed by atoms with Crippen molar-refractivity contribution in [3.05, 3.63) is 56.9 Å². The van der Waals surface area contributed by atoms with Crippen molar-refractivity contribution < 1.29 is 4.39 Å². The first-order valence-corrected chi connectivity index (χ1v) is 7.20. The van der Waals surface area contributed by atoms with Gasteiger partial charge in [0.2, 0.25) is 0 Å². The summed E-state index contributed by atoms with van der Waals surface area (Å²) in [6.07, 6.45) is 0. The maximum absolute atomic E-state index is 13.0. The van der Waals surface area contributed by atoms with Crippen molar-refractivity contribution in [3.8, 4) is 0 Å². The van der Waals surface area contributed by atoms with Crippen molar-refractivity contribution in [2.45, 2.75) is 0 Å². The number of hydrogen-bond donors (Lipinski definition) is 2. The second-order valence-electron chi connectivity index (χ2n) is 3.71. The van der Waals surface area contributed by atoms with Gasteiger partial charge in [0.05, 0.1) is 5.02 Å². The maximum atomic E-state index is 13.0. The molecule has 2 aromatic rings. The van der Waals surface area contributed by atoms with Gasteiger partial charge in [-0.1, -0.05) is 11.6 Å². The average molecular weight is 407 g/mol. The summed E-state index contributed by atoms with van der Waals surface area (Å²) >= 11 is 13.1. The molecule has 0 spiro atoms. The Morgan fingerprint density at radius 2 is 1.63 bits per heavy atom. The quantitative estimate of drug-likeness (QED) is 0.548. The summed E-state index contributed by atoms with van der Waals surface area (Å²) in [7, 11) is 0. The van der Waals surface area contributed by atoms with Gasteiger partial charge in [-0.15, -0.1) is 0 Å². The third kappa shape index (κ3) is 4.29. The molecule has 0 saturated heterocycles. The molecule has 0 aliphatic heterocycles. The van der Waals surface area contributed by atoms with Crippen LogP contribution in [-0.2, 0) is 0 Å². The van der Waals surface area contributed by atoms with Crippen LogP contribution in [0.5, 0.6) is 0 Å². The molecular weight excluding hydrogens is 398 g/mol. The Labute approximate surface area is 134 Å². The van der Waals surface area contributed by atoms with Gasteiger partial charge in [-0.25, -0.2) is 4.39 Å². The average Bonchev–Trinajstić information content (AvgIpc) is 2.37. The van der Waals surface area contributed by atoms with Crippen LogP contribution >= 0.6 is 46.4 Å². The van der Waals surface area contributed by atoms with Crippen LogP contribution < -0.4 is 10.6 Å². The van der Waals surface area contributed by atoms with Crippen LogP contribution in [0.25, 0.3) is 0 Å². The Bertz CT molecular complexity index is 604. The normalized spacial score (nSPS) is 10.1. The fraction of sp³-hybridized carbons (Fsp3) is 0. The van der Waals surface area contributed by atoms with E-state index in [1.165, 1.54) is 12.1 Å². The standard InChI is InChI=1S/C13H9ClFIN2S/c14-11-7-10(5-6-12(11)15)18-13(19)17-9-3-1-8(16)2-4-9/h1-7H,(H2,17,18,19). The zero-order valence-electron chi connectivity index (χ0n) is 9.58. The zero-order valence-corrected chi connectivity index (χ0v) is 13.3. The number of rotatable bonds is 2. The van der Waals surface area contributed by atoms with Crippen LogP contribution in [0, 0.1) is 9.39 Å². The molecule has 0 aliphatic carbocycles. The summed E-state index contributed by atoms with van der Waals surface area (Å²) in [5, 5.41) is 6.45. The van der Waals surface area contributed by atoms with Crippen LogP contribution in [-0.4, -0.2) is 5.11 Å². The van der Waals surface area contributed by atoms with E-state index in [4.69, 9.17) is 23.8 Å². The molecule has 2 aromatic carbocycles. The summed E-state index contributed by atoms with van der Waals surface area (Å²) < 4.78 is 14.2. The Morgan fingerprint density at radius 1 is 1.05 bits per heavy atom. The number of anilines is 2. The SMILES string of the molecule is Fc1ccc(NC(=S)Nc2ccc(I)cc2)cc1Cl. The lowest BCUT2D eigenvalue weighted by Gasteiger charge is -2.11. The highest BCUT2D eigenvalue weighted by atomic mass is 127. The van der Waals surface area contributed by atoms with Crippen LogP contribution in [0.2, 0.25) is 5.02 Å². The summed E-state index contributed by atoms with van der Waals surface area (Å²) in [4.78, 5) is 0. The van der Waals surface area contributed by atoms with E-state index in [-0.39, 0.29) is 5.02 Å². The first-order valence-electron chi connectivity index (χ1n) is 5.33. The molecule has 0 saturated carbocycles. The summed E-state index contributed by atoms with van der Waals surface area (Å²) in [5.74, 6) is -0.455. The smallest absolute Gasteiger partial charge is 0.175 e. The van der Waals surface area contributed by atoms with Crippen LogP contribution in [0.1, 0.15) is 0 Å². The molecule has 0 fully saturated rings. The molecule has 0 aromatic heterocycles. The van der Waals surface area contributed by atoms with Crippen molar-refractivity contribution in [2.75, 3.05) is 10.6 Å². The number of benzene rings is 2. The Balaban J connectivity index is 2.01. The van der Waals surface area contributed by atoms with E-state index in [2.05, 4.69) is 33.2 Å². The second kappa shape index (κ2) is 6.49. The molecule has 2 nitrogen and oxygen atoms in total. The largest absolute Gasteiger partial charge is 0.332 e. The molecular formula is C13H9ClFIN2S. The molecule has 0 radical (unpaired) electrons. The minimum atomic E-state index is -0.455. The third-order valence-corrected chi connectivity index (χ3v) is 3.49. The highest BCUT2D eigenvalue weighted by Crippen LogP contribution is 2.19. The van der Waals surface area contributed by atoms with E-state index in [1.54, 1.807) is 6.07 Å². The lowest BCUT2D eigenvalue weighted by Crippen LogP contribution is -2.19. The van der Waals surface area contributed by atoms with Crippen LogP contribution in [0.4, 0.5) is 15.8 Å². The van der Waals surface area contributed by atoms with E-state index >= 15 is 0 Å². The fourth-order valence-corrected chi connectivity index (χ4v) is 2.18. The highest BCUT2D eigenvalue weighted by molar-refractivity contribution is 14.1. The zero-order chi connectivity index (χ0) is 13.8. The minimum absolute atomic E-state index is 0.0575. The first-order chi connectivity index (χ1) is 9.04. The molecule has 0 unspecified atom stereocenters. The maximum Gasteiger partial charge on any atom is 0.175 e. The summed E-state index contributed by atoms with van der Waals surface area (Å²) in [5.41, 5.74) is 1.51. The summed E-state index contributed by atoms with van der Waals surface area (Å²) in [6, 6.07) is 12.1. The first kappa shape index (κ1) is 14.5. The predicted octanol–water partition coefficient (Wildman–Crippen LogP) is 4.89. The van der Waals surface area contributed by atoms with E-state index in [1.807, 2.05) is 24.3 Å². The van der Waals surface area contributed by atoms with Gasteiger partial charge in [0.25, 0.3) is 0 Å². The molecule has 19 heavy (non-hydrogen) atoms. The van der Waals surface area contributed by atoms with Crippen molar-refractivity contribution in [3.63, 3.8) is 0 Å². The van der Waals surface area contributed by atoms with Crippen molar-refractivity contribution >= 4 is 62.9 Å². The van der Waals surface area contributed by atoms with Gasteiger partial charge in [-0.2, -0.15) is 0 Å². The van der Waals surface area contributed by atoms with Crippen LogP contribution in [0.15, 0.2) is 42.5 Å². The molecule has 2 rings (SSSR count). The fourth-order valence-electron chi connectivity index (χ4n) is 1.40. The highest BCUT2D eigenvalue weighted by Gasteiger charge is 2.03. The van der Waals surface area contributed by atoms with E-state index in [0.717, 1.165) is 9.26 Å². The second-order valence-corrected chi connectivity index (χ2v) is 5.78. The predicted molar refractivity (Wildman–Crippen MR) is 90.4 cm³/mol. The molecule has 0 heterocycles. The minimum Gasteiger partial charge on any atom is -0.332 e. The van der Waals surface area contributed by atoms with Crippen molar-refractivity contribution in [2.24, 2.45) is 0 Å². The molecule has 0 atom stereocenters. The van der Waals surface area contributed by atoms with Gasteiger partial charge >= 0.3 is 0 Å². The van der Waals surface area contributed by atoms with Crippen LogP contribution in [0.3, 0.4) is 0 Å². The molecule has 0 bridgehead atoms. The Hall–Kier alpha value is -0.920. The number of hydrogen-bond acceptors (Lipinski definition) is 1. The number of halogens is 3. The lowest BCUT2D eigenvalue weighted by molar-refractivity contribution is 0.628. The van der Waals surface area contributed by atoms with Gasteiger partial charge in [0.15, 0.2) is 5.11 Å². The van der Waals surface area contributed by atoms with Crippen molar-refractivity contribution in [1.29, 1.82) is 0 Å². The monoisotopic (exact) mass is 406 g/mol. The number of thiocarbonyl (C=S) groups is 1. The summed E-state index contributed by atoms with van der Waals surface area (Å²) in [6.45, 7) is 0. The van der Waals surface area contributed by atoms with E-state index in [0.29, 0.717) is 10.8 Å². The van der Waals surface area contributed by atoms with Crippen molar-refractivity contribution in [1.82, 2.24) is 0 Å².